The molecule has 0 aliphatic carbocycles. The number of anilines is 2. The smallest absolute Gasteiger partial charge is 0.415 e. The van der Waals surface area contributed by atoms with Gasteiger partial charge in [-0.1, -0.05) is 13.8 Å². The average molecular weight is 438 g/mol. The van der Waals surface area contributed by atoms with Gasteiger partial charge in [-0.3, -0.25) is 4.90 Å². The van der Waals surface area contributed by atoms with E-state index in [1.807, 2.05) is 20.8 Å². The van der Waals surface area contributed by atoms with Gasteiger partial charge in [0.1, 0.15) is 24.0 Å². The number of cyclic esters (lactones) is 1. The summed E-state index contributed by atoms with van der Waals surface area (Å²) in [6.07, 6.45) is 4.24. The van der Waals surface area contributed by atoms with Gasteiger partial charge in [-0.25, -0.2) is 24.1 Å². The Balaban J connectivity index is 1.43. The number of rotatable bonds is 7. The second-order valence-electron chi connectivity index (χ2n) is 7.70. The molecule has 0 radical (unpaired) electrons. The minimum Gasteiger partial charge on any atom is -0.454 e. The highest BCUT2D eigenvalue weighted by molar-refractivity contribution is 5.89. The fraction of sp³-hybridized carbons (Fsp3) is 0.318. The van der Waals surface area contributed by atoms with Crippen LogP contribution in [0, 0.1) is 11.7 Å². The van der Waals surface area contributed by atoms with Crippen LogP contribution in [0.25, 0.3) is 0 Å². The van der Waals surface area contributed by atoms with Crippen molar-refractivity contribution in [3.8, 4) is 11.5 Å². The molecule has 0 unspecified atom stereocenters. The first kappa shape index (κ1) is 21.4. The van der Waals surface area contributed by atoms with Crippen molar-refractivity contribution >= 4 is 17.9 Å². The predicted octanol–water partition coefficient (Wildman–Crippen LogP) is 4.35. The Bertz CT molecular complexity index is 1080. The molecule has 0 saturated carbocycles. The molecule has 32 heavy (non-hydrogen) atoms. The second-order valence-corrected chi connectivity index (χ2v) is 7.70. The number of hydrogen-bond donors (Lipinski definition) is 1. The molecule has 0 spiro atoms. The molecule has 1 N–H and O–H groups in total. The Kier molecular flexibility index (Phi) is 6.11. The Hall–Kier alpha value is -3.82. The predicted molar refractivity (Wildman–Crippen MR) is 115 cm³/mol. The summed E-state index contributed by atoms with van der Waals surface area (Å²) in [6, 6.07) is 6.97. The minimum absolute atomic E-state index is 0.0836. The van der Waals surface area contributed by atoms with E-state index in [9.17, 15) is 9.18 Å². The van der Waals surface area contributed by atoms with Crippen LogP contribution in [0.2, 0.25) is 0 Å². The molecule has 4 rings (SSSR count). The number of aromatic nitrogens is 4. The fourth-order valence-corrected chi connectivity index (χ4v) is 3.24. The molecule has 3 heterocycles. The van der Waals surface area contributed by atoms with Crippen molar-refractivity contribution in [1.29, 1.82) is 0 Å². The normalized spacial score (nSPS) is 16.7. The van der Waals surface area contributed by atoms with Gasteiger partial charge in [0.25, 0.3) is 0 Å². The summed E-state index contributed by atoms with van der Waals surface area (Å²) in [5.74, 6) is 2.11. The summed E-state index contributed by atoms with van der Waals surface area (Å²) in [5, 5.41) is 3.15. The maximum Gasteiger partial charge on any atom is 0.415 e. The van der Waals surface area contributed by atoms with Crippen LogP contribution < -0.4 is 15.0 Å². The van der Waals surface area contributed by atoms with Gasteiger partial charge in [0.15, 0.2) is 11.6 Å². The number of nitrogens with one attached hydrogen (secondary N) is 1. The van der Waals surface area contributed by atoms with Gasteiger partial charge in [0, 0.05) is 6.20 Å². The maximum absolute atomic E-state index is 13.0. The SMILES string of the molecule is CC(C)[C@H]1COC(=O)N1c1ccnc(N[C@H](C)c2ncc(Oc3ccc(F)cc3)cn2)n1. The van der Waals surface area contributed by atoms with E-state index in [1.165, 1.54) is 36.7 Å². The largest absolute Gasteiger partial charge is 0.454 e. The average Bonchev–Trinajstić information content (AvgIpc) is 3.18. The maximum atomic E-state index is 13.0. The molecule has 1 aliphatic heterocycles. The highest BCUT2D eigenvalue weighted by atomic mass is 19.1. The van der Waals surface area contributed by atoms with E-state index >= 15 is 0 Å². The standard InChI is InChI=1S/C22H23FN6O3/c1-13(2)18-12-31-22(30)29(18)19-8-9-24-21(28-19)27-14(3)20-25-10-17(11-26-20)32-16-6-4-15(23)5-7-16/h4-11,13-14,18H,12H2,1-3H3,(H,24,27,28)/t14-,18-/m1/s1. The van der Waals surface area contributed by atoms with Gasteiger partial charge in [-0.05, 0) is 43.2 Å². The summed E-state index contributed by atoms with van der Waals surface area (Å²) in [6.45, 7) is 6.26. The van der Waals surface area contributed by atoms with Crippen LogP contribution in [0.15, 0.2) is 48.9 Å². The molecule has 3 aromatic rings. The molecular weight excluding hydrogens is 415 g/mol. The number of carbonyl (C=O) groups excluding carboxylic acids is 1. The fourth-order valence-electron chi connectivity index (χ4n) is 3.24. The lowest BCUT2D eigenvalue weighted by molar-refractivity contribution is 0.177. The summed E-state index contributed by atoms with van der Waals surface area (Å²) in [5.41, 5.74) is 0. The topological polar surface area (TPSA) is 102 Å². The van der Waals surface area contributed by atoms with Crippen molar-refractivity contribution in [3.05, 3.63) is 60.6 Å². The molecule has 10 heteroatoms. The number of carbonyl (C=O) groups is 1. The summed E-state index contributed by atoms with van der Waals surface area (Å²) in [7, 11) is 0. The van der Waals surface area contributed by atoms with Gasteiger partial charge >= 0.3 is 6.09 Å². The number of hydrogen-bond acceptors (Lipinski definition) is 8. The number of ether oxygens (including phenoxy) is 2. The monoisotopic (exact) mass is 438 g/mol. The van der Waals surface area contributed by atoms with E-state index in [4.69, 9.17) is 9.47 Å². The van der Waals surface area contributed by atoms with Gasteiger partial charge < -0.3 is 14.8 Å². The van der Waals surface area contributed by atoms with Crippen LogP contribution in [-0.4, -0.2) is 38.7 Å². The zero-order valence-corrected chi connectivity index (χ0v) is 17.9. The lowest BCUT2D eigenvalue weighted by Crippen LogP contribution is -2.37. The molecule has 0 bridgehead atoms. The van der Waals surface area contributed by atoms with Crippen LogP contribution in [0.4, 0.5) is 21.0 Å². The van der Waals surface area contributed by atoms with Crippen LogP contribution in [0.5, 0.6) is 11.5 Å². The Morgan fingerprint density at radius 2 is 1.81 bits per heavy atom. The number of halogens is 1. The molecular formula is C22H23FN6O3. The van der Waals surface area contributed by atoms with Crippen molar-refractivity contribution < 1.29 is 18.7 Å². The summed E-state index contributed by atoms with van der Waals surface area (Å²) >= 11 is 0. The highest BCUT2D eigenvalue weighted by Gasteiger charge is 2.37. The number of nitrogens with zero attached hydrogens (tertiary/aromatic N) is 5. The van der Waals surface area contributed by atoms with E-state index in [-0.39, 0.29) is 23.8 Å². The third-order valence-corrected chi connectivity index (χ3v) is 4.99. The molecule has 1 aromatic carbocycles. The molecule has 166 valence electrons. The van der Waals surface area contributed by atoms with Crippen LogP contribution in [0.3, 0.4) is 0 Å². The van der Waals surface area contributed by atoms with Crippen LogP contribution >= 0.6 is 0 Å². The van der Waals surface area contributed by atoms with Crippen molar-refractivity contribution in [2.75, 3.05) is 16.8 Å². The quantitative estimate of drug-likeness (QED) is 0.581. The lowest BCUT2D eigenvalue weighted by atomic mass is 10.0. The van der Waals surface area contributed by atoms with Crippen LogP contribution in [-0.2, 0) is 4.74 Å². The number of amides is 1. The van der Waals surface area contributed by atoms with E-state index in [0.29, 0.717) is 35.7 Å². The summed E-state index contributed by atoms with van der Waals surface area (Å²) < 4.78 is 23.8. The minimum atomic E-state index is -0.415. The molecule has 2 atom stereocenters. The Morgan fingerprint density at radius 1 is 1.09 bits per heavy atom. The first-order chi connectivity index (χ1) is 15.4. The van der Waals surface area contributed by atoms with Gasteiger partial charge in [0.2, 0.25) is 5.95 Å². The van der Waals surface area contributed by atoms with Crippen molar-refractivity contribution in [1.82, 2.24) is 19.9 Å². The zero-order valence-electron chi connectivity index (χ0n) is 17.9. The Labute approximate surface area is 184 Å². The Morgan fingerprint density at radius 3 is 2.50 bits per heavy atom. The molecule has 2 aromatic heterocycles. The van der Waals surface area contributed by atoms with E-state index in [1.54, 1.807) is 17.2 Å². The molecule has 9 nitrogen and oxygen atoms in total. The molecule has 1 saturated heterocycles. The van der Waals surface area contributed by atoms with Crippen LogP contribution in [0.1, 0.15) is 32.6 Å². The van der Waals surface area contributed by atoms with Crippen molar-refractivity contribution in [2.45, 2.75) is 32.9 Å². The second kappa shape index (κ2) is 9.13. The molecule has 1 aliphatic rings. The summed E-state index contributed by atoms with van der Waals surface area (Å²) in [4.78, 5) is 31.1. The molecule has 1 amide bonds. The lowest BCUT2D eigenvalue weighted by Gasteiger charge is -2.23. The first-order valence-corrected chi connectivity index (χ1v) is 10.2. The first-order valence-electron chi connectivity index (χ1n) is 10.2. The third-order valence-electron chi connectivity index (χ3n) is 4.99. The van der Waals surface area contributed by atoms with E-state index in [0.717, 1.165) is 0 Å². The zero-order chi connectivity index (χ0) is 22.7. The van der Waals surface area contributed by atoms with Gasteiger partial charge in [0.05, 0.1) is 24.5 Å². The van der Waals surface area contributed by atoms with E-state index < -0.39 is 6.09 Å². The van der Waals surface area contributed by atoms with Gasteiger partial charge in [-0.2, -0.15) is 4.98 Å². The van der Waals surface area contributed by atoms with Crippen molar-refractivity contribution in [2.24, 2.45) is 5.92 Å². The van der Waals surface area contributed by atoms with Crippen molar-refractivity contribution in [3.63, 3.8) is 0 Å². The molecule has 1 fully saturated rings. The van der Waals surface area contributed by atoms with E-state index in [2.05, 4.69) is 25.3 Å². The highest BCUT2D eigenvalue weighted by Crippen LogP contribution is 2.27. The number of benzene rings is 1. The third kappa shape index (κ3) is 4.74. The van der Waals surface area contributed by atoms with Gasteiger partial charge in [-0.15, -0.1) is 0 Å².